The number of imide groups is 1. The Hall–Kier alpha value is -3.11. The molecule has 3 amide bonds. The van der Waals surface area contributed by atoms with E-state index in [0.29, 0.717) is 21.5 Å². The molecule has 2 aromatic carbocycles. The number of rotatable bonds is 7. The number of nitrogens with one attached hydrogen (secondary N) is 1. The molecule has 10 heteroatoms. The second-order valence-corrected chi connectivity index (χ2v) is 7.90. The third kappa shape index (κ3) is 5.49. The molecule has 0 spiro atoms. The predicted molar refractivity (Wildman–Crippen MR) is 115 cm³/mol. The van der Waals surface area contributed by atoms with E-state index in [1.54, 1.807) is 48.5 Å². The molecule has 30 heavy (non-hydrogen) atoms. The van der Waals surface area contributed by atoms with Gasteiger partial charge < -0.3 is 15.2 Å². The zero-order valence-corrected chi connectivity index (χ0v) is 17.7. The number of amides is 3. The number of benzene rings is 2. The third-order valence-electron chi connectivity index (χ3n) is 3.84. The minimum Gasteiger partial charge on any atom is -0.481 e. The highest BCUT2D eigenvalue weighted by atomic mass is 79.9. The topological polar surface area (TPSA) is 113 Å². The summed E-state index contributed by atoms with van der Waals surface area (Å²) in [5.41, 5.74) is 1.17. The molecule has 1 aliphatic heterocycles. The van der Waals surface area contributed by atoms with Gasteiger partial charge in [-0.3, -0.25) is 19.3 Å². The summed E-state index contributed by atoms with van der Waals surface area (Å²) in [6, 6.07) is 13.5. The number of thioether (sulfide) groups is 1. The summed E-state index contributed by atoms with van der Waals surface area (Å²) in [7, 11) is 0. The van der Waals surface area contributed by atoms with E-state index in [1.807, 2.05) is 0 Å². The summed E-state index contributed by atoms with van der Waals surface area (Å²) in [6.45, 7) is -0.871. The van der Waals surface area contributed by atoms with Crippen molar-refractivity contribution in [2.75, 3.05) is 18.5 Å². The van der Waals surface area contributed by atoms with Crippen LogP contribution in [-0.2, 0) is 14.4 Å². The fourth-order valence-corrected chi connectivity index (χ4v) is 3.87. The van der Waals surface area contributed by atoms with Gasteiger partial charge in [-0.05, 0) is 63.6 Å². The fourth-order valence-electron chi connectivity index (χ4n) is 2.52. The summed E-state index contributed by atoms with van der Waals surface area (Å²) < 4.78 is 5.62. The van der Waals surface area contributed by atoms with Gasteiger partial charge in [-0.15, -0.1) is 0 Å². The average Bonchev–Trinajstić information content (AvgIpc) is 2.95. The first-order valence-corrected chi connectivity index (χ1v) is 10.2. The number of nitrogens with zero attached hydrogens (tertiary/aromatic N) is 1. The van der Waals surface area contributed by atoms with Crippen LogP contribution in [0.25, 0.3) is 6.08 Å². The highest BCUT2D eigenvalue weighted by Gasteiger charge is 2.36. The lowest BCUT2D eigenvalue weighted by atomic mass is 10.2. The minimum absolute atomic E-state index is 0.179. The van der Waals surface area contributed by atoms with Gasteiger partial charge in [0.15, 0.2) is 6.61 Å². The van der Waals surface area contributed by atoms with E-state index in [1.165, 1.54) is 6.08 Å². The third-order valence-corrected chi connectivity index (χ3v) is 5.36. The molecule has 1 saturated heterocycles. The molecule has 0 aliphatic carbocycles. The molecule has 8 nitrogen and oxygen atoms in total. The Balaban J connectivity index is 1.68. The molecule has 0 atom stereocenters. The number of carboxylic acid groups (broad SMARTS) is 1. The average molecular weight is 491 g/mol. The first kappa shape index (κ1) is 21.6. The van der Waals surface area contributed by atoms with E-state index in [2.05, 4.69) is 21.2 Å². The molecule has 1 fully saturated rings. The maximum absolute atomic E-state index is 12.6. The molecule has 2 aromatic rings. The standard InChI is InChI=1S/C20H15BrN2O6S/c21-14-8-12(6-7-15(14)29-11-18(25)26)9-16-19(27)23(20(28)30-16)10-17(24)22-13-4-2-1-3-5-13/h1-9H,10-11H2,(H,22,24)(H,25,26)/b16-9-. The Bertz CT molecular complexity index is 1040. The summed E-state index contributed by atoms with van der Waals surface area (Å²) in [5.74, 6) is -1.81. The van der Waals surface area contributed by atoms with Crippen LogP contribution in [0, 0.1) is 0 Å². The molecular formula is C20H15BrN2O6S. The lowest BCUT2D eigenvalue weighted by Gasteiger charge is -2.12. The summed E-state index contributed by atoms with van der Waals surface area (Å²) in [4.78, 5) is 48.6. The Labute approximate surface area is 184 Å². The van der Waals surface area contributed by atoms with Crippen molar-refractivity contribution in [3.8, 4) is 5.75 Å². The lowest BCUT2D eigenvalue weighted by Crippen LogP contribution is -2.36. The number of hydrogen-bond donors (Lipinski definition) is 2. The Morgan fingerprint density at radius 1 is 1.17 bits per heavy atom. The molecule has 1 aliphatic rings. The molecule has 0 aromatic heterocycles. The molecule has 0 unspecified atom stereocenters. The summed E-state index contributed by atoms with van der Waals surface area (Å²) in [6.07, 6.45) is 1.52. The number of carbonyl (C=O) groups excluding carboxylic acids is 3. The monoisotopic (exact) mass is 490 g/mol. The first-order valence-electron chi connectivity index (χ1n) is 8.58. The zero-order valence-electron chi connectivity index (χ0n) is 15.3. The number of halogens is 1. The number of hydrogen-bond acceptors (Lipinski definition) is 6. The van der Waals surface area contributed by atoms with Crippen molar-refractivity contribution in [3.05, 3.63) is 63.5 Å². The number of para-hydroxylation sites is 1. The fraction of sp³-hybridized carbons (Fsp3) is 0.100. The molecule has 0 saturated carbocycles. The van der Waals surface area contributed by atoms with Gasteiger partial charge in [0, 0.05) is 5.69 Å². The highest BCUT2D eigenvalue weighted by molar-refractivity contribution is 9.10. The number of carbonyl (C=O) groups is 4. The molecule has 3 rings (SSSR count). The van der Waals surface area contributed by atoms with Crippen LogP contribution in [0.3, 0.4) is 0 Å². The van der Waals surface area contributed by atoms with E-state index < -0.39 is 29.6 Å². The van der Waals surface area contributed by atoms with Crippen LogP contribution in [0.1, 0.15) is 5.56 Å². The normalized spacial score (nSPS) is 14.8. The van der Waals surface area contributed by atoms with Gasteiger partial charge in [0.2, 0.25) is 5.91 Å². The van der Waals surface area contributed by atoms with Crippen LogP contribution in [0.2, 0.25) is 0 Å². The number of anilines is 1. The molecule has 154 valence electrons. The van der Waals surface area contributed by atoms with Crippen molar-refractivity contribution in [1.82, 2.24) is 4.90 Å². The maximum Gasteiger partial charge on any atom is 0.341 e. The molecule has 0 bridgehead atoms. The smallest absolute Gasteiger partial charge is 0.341 e. The van der Waals surface area contributed by atoms with E-state index in [9.17, 15) is 19.2 Å². The Morgan fingerprint density at radius 2 is 1.90 bits per heavy atom. The molecular weight excluding hydrogens is 476 g/mol. The van der Waals surface area contributed by atoms with Crippen LogP contribution < -0.4 is 10.1 Å². The van der Waals surface area contributed by atoms with Crippen molar-refractivity contribution in [2.45, 2.75) is 0 Å². The summed E-state index contributed by atoms with van der Waals surface area (Å²) in [5, 5.41) is 10.8. The van der Waals surface area contributed by atoms with Crippen molar-refractivity contribution >= 4 is 62.5 Å². The van der Waals surface area contributed by atoms with Gasteiger partial charge in [-0.1, -0.05) is 24.3 Å². The van der Waals surface area contributed by atoms with E-state index >= 15 is 0 Å². The second-order valence-electron chi connectivity index (χ2n) is 6.05. The van der Waals surface area contributed by atoms with Crippen LogP contribution in [-0.4, -0.2) is 46.2 Å². The van der Waals surface area contributed by atoms with E-state index in [-0.39, 0.29) is 11.4 Å². The molecule has 1 heterocycles. The van der Waals surface area contributed by atoms with Gasteiger partial charge in [0.25, 0.3) is 11.1 Å². The highest BCUT2D eigenvalue weighted by Crippen LogP contribution is 2.33. The van der Waals surface area contributed by atoms with Crippen molar-refractivity contribution in [2.24, 2.45) is 0 Å². The van der Waals surface area contributed by atoms with E-state index in [4.69, 9.17) is 9.84 Å². The van der Waals surface area contributed by atoms with Gasteiger partial charge in [-0.25, -0.2) is 4.79 Å². The molecule has 0 radical (unpaired) electrons. The number of ether oxygens (including phenoxy) is 1. The Morgan fingerprint density at radius 3 is 2.57 bits per heavy atom. The van der Waals surface area contributed by atoms with Crippen LogP contribution >= 0.6 is 27.7 Å². The quantitative estimate of drug-likeness (QED) is 0.570. The van der Waals surface area contributed by atoms with Crippen molar-refractivity contribution in [1.29, 1.82) is 0 Å². The van der Waals surface area contributed by atoms with E-state index in [0.717, 1.165) is 16.7 Å². The van der Waals surface area contributed by atoms with Crippen molar-refractivity contribution in [3.63, 3.8) is 0 Å². The SMILES string of the molecule is O=C(O)COc1ccc(/C=C2\SC(=O)N(CC(=O)Nc3ccccc3)C2=O)cc1Br. The van der Waals surface area contributed by atoms with Crippen LogP contribution in [0.4, 0.5) is 10.5 Å². The van der Waals surface area contributed by atoms with Gasteiger partial charge >= 0.3 is 5.97 Å². The predicted octanol–water partition coefficient (Wildman–Crippen LogP) is 3.59. The maximum atomic E-state index is 12.6. The van der Waals surface area contributed by atoms with Crippen molar-refractivity contribution < 1.29 is 29.0 Å². The van der Waals surface area contributed by atoms with Crippen LogP contribution in [0.15, 0.2) is 57.9 Å². The second kappa shape index (κ2) is 9.59. The first-order chi connectivity index (χ1) is 14.3. The Kier molecular flexibility index (Phi) is 6.91. The van der Waals surface area contributed by atoms with Gasteiger partial charge in [0.1, 0.15) is 12.3 Å². The number of aliphatic carboxylic acids is 1. The summed E-state index contributed by atoms with van der Waals surface area (Å²) >= 11 is 4.02. The van der Waals surface area contributed by atoms with Gasteiger partial charge in [0.05, 0.1) is 9.38 Å². The largest absolute Gasteiger partial charge is 0.481 e. The number of carboxylic acids is 1. The minimum atomic E-state index is -1.10. The molecule has 2 N–H and O–H groups in total. The van der Waals surface area contributed by atoms with Gasteiger partial charge in [-0.2, -0.15) is 0 Å². The lowest BCUT2D eigenvalue weighted by molar-refractivity contribution is -0.139. The van der Waals surface area contributed by atoms with Crippen LogP contribution in [0.5, 0.6) is 5.75 Å². The zero-order chi connectivity index (χ0) is 21.7.